The number of carbonyl (C=O) groups is 1. The predicted molar refractivity (Wildman–Crippen MR) is 88.7 cm³/mol. The van der Waals surface area contributed by atoms with Crippen LogP contribution in [-0.2, 0) is 13.5 Å². The van der Waals surface area contributed by atoms with Gasteiger partial charge in [-0.2, -0.15) is 0 Å². The van der Waals surface area contributed by atoms with Gasteiger partial charge in [0.15, 0.2) is 0 Å². The molecule has 3 rings (SSSR count). The predicted octanol–water partition coefficient (Wildman–Crippen LogP) is 3.13. The summed E-state index contributed by atoms with van der Waals surface area (Å²) in [6.07, 6.45) is 5.76. The Bertz CT molecular complexity index is 724. The summed E-state index contributed by atoms with van der Waals surface area (Å²) in [6.45, 7) is 7.39. The summed E-state index contributed by atoms with van der Waals surface area (Å²) >= 11 is 0. The van der Waals surface area contributed by atoms with Gasteiger partial charge in [-0.3, -0.25) is 0 Å². The number of hydrogen-bond donors (Lipinski definition) is 1. The summed E-state index contributed by atoms with van der Waals surface area (Å²) in [7, 11) is 2.05. The van der Waals surface area contributed by atoms with Crippen LogP contribution in [0.5, 0.6) is 0 Å². The molecule has 22 heavy (non-hydrogen) atoms. The maximum absolute atomic E-state index is 11.5. The van der Waals surface area contributed by atoms with Gasteiger partial charge >= 0.3 is 5.97 Å². The number of hydrogen-bond acceptors (Lipinski definition) is 2. The summed E-state index contributed by atoms with van der Waals surface area (Å²) in [4.78, 5) is 14.0. The van der Waals surface area contributed by atoms with E-state index in [0.717, 1.165) is 29.5 Å². The van der Waals surface area contributed by atoms with E-state index in [2.05, 4.69) is 22.7 Å². The first-order valence-corrected chi connectivity index (χ1v) is 8.03. The third kappa shape index (κ3) is 2.52. The monoisotopic (exact) mass is 300 g/mol. The topological polar surface area (TPSA) is 45.5 Å². The van der Waals surface area contributed by atoms with Crippen LogP contribution in [0.2, 0.25) is 0 Å². The molecule has 4 heteroatoms. The lowest BCUT2D eigenvalue weighted by atomic mass is 9.97. The van der Waals surface area contributed by atoms with Gasteiger partial charge in [-0.1, -0.05) is 0 Å². The van der Waals surface area contributed by atoms with Crippen LogP contribution in [0.15, 0.2) is 12.3 Å². The molecule has 1 aromatic heterocycles. The van der Waals surface area contributed by atoms with Gasteiger partial charge in [0.25, 0.3) is 0 Å². The number of aryl methyl sites for hydroxylation is 3. The fraction of sp³-hybridized carbons (Fsp3) is 0.500. The molecule has 1 aliphatic heterocycles. The van der Waals surface area contributed by atoms with Gasteiger partial charge in [0, 0.05) is 25.2 Å². The van der Waals surface area contributed by atoms with E-state index >= 15 is 0 Å². The zero-order valence-electron chi connectivity index (χ0n) is 13.6. The van der Waals surface area contributed by atoms with E-state index in [1.165, 1.54) is 37.0 Å². The molecule has 1 N–H and O–H groups in total. The minimum atomic E-state index is -0.836. The van der Waals surface area contributed by atoms with Crippen molar-refractivity contribution in [2.75, 3.05) is 19.6 Å². The van der Waals surface area contributed by atoms with Crippen molar-refractivity contribution in [2.24, 2.45) is 7.05 Å². The second-order valence-electron chi connectivity index (χ2n) is 6.46. The Hall–Kier alpha value is -1.81. The lowest BCUT2D eigenvalue weighted by molar-refractivity contribution is 0.0696. The number of benzene rings is 1. The van der Waals surface area contributed by atoms with Gasteiger partial charge in [0.1, 0.15) is 0 Å². The van der Waals surface area contributed by atoms with Crippen LogP contribution < -0.4 is 0 Å². The number of rotatable bonds is 4. The van der Waals surface area contributed by atoms with Crippen molar-refractivity contribution in [1.29, 1.82) is 0 Å². The highest BCUT2D eigenvalue weighted by Gasteiger charge is 2.19. The number of likely N-dealkylation sites (tertiary alicyclic amines) is 1. The van der Waals surface area contributed by atoms with Gasteiger partial charge in [-0.05, 0) is 69.0 Å². The Morgan fingerprint density at radius 2 is 1.95 bits per heavy atom. The van der Waals surface area contributed by atoms with Crippen molar-refractivity contribution < 1.29 is 9.90 Å². The summed E-state index contributed by atoms with van der Waals surface area (Å²) in [6, 6.07) is 1.80. The van der Waals surface area contributed by atoms with E-state index in [1.807, 2.05) is 13.8 Å². The van der Waals surface area contributed by atoms with E-state index in [-0.39, 0.29) is 0 Å². The van der Waals surface area contributed by atoms with E-state index in [1.54, 1.807) is 6.07 Å². The molecule has 0 bridgehead atoms. The van der Waals surface area contributed by atoms with Crippen LogP contribution in [0.4, 0.5) is 0 Å². The molecule has 118 valence electrons. The minimum Gasteiger partial charge on any atom is -0.478 e. The number of carboxylic acids is 1. The maximum Gasteiger partial charge on any atom is 0.335 e. The van der Waals surface area contributed by atoms with Gasteiger partial charge in [-0.15, -0.1) is 0 Å². The SMILES string of the molecule is Cc1c(C(=O)O)cc(C)c2c1c(CCN1CCCC1)cn2C. The van der Waals surface area contributed by atoms with Gasteiger partial charge in [0.05, 0.1) is 11.1 Å². The first kappa shape index (κ1) is 15.1. The van der Waals surface area contributed by atoms with Gasteiger partial charge in [0.2, 0.25) is 0 Å². The van der Waals surface area contributed by atoms with Crippen LogP contribution in [0.3, 0.4) is 0 Å². The Morgan fingerprint density at radius 3 is 2.59 bits per heavy atom. The number of carboxylic acid groups (broad SMARTS) is 1. The third-order valence-electron chi connectivity index (χ3n) is 4.90. The molecular weight excluding hydrogens is 276 g/mol. The summed E-state index contributed by atoms with van der Waals surface area (Å²) in [5.74, 6) is -0.836. The highest BCUT2D eigenvalue weighted by atomic mass is 16.4. The van der Waals surface area contributed by atoms with Crippen molar-refractivity contribution in [3.63, 3.8) is 0 Å². The zero-order valence-corrected chi connectivity index (χ0v) is 13.6. The van der Waals surface area contributed by atoms with E-state index in [9.17, 15) is 9.90 Å². The smallest absolute Gasteiger partial charge is 0.335 e. The first-order valence-electron chi connectivity index (χ1n) is 8.03. The van der Waals surface area contributed by atoms with Crippen molar-refractivity contribution in [2.45, 2.75) is 33.1 Å². The standard InChI is InChI=1S/C18H24N2O2/c1-12-10-15(18(21)22)13(2)16-14(11-19(3)17(12)16)6-9-20-7-4-5-8-20/h10-11H,4-9H2,1-3H3,(H,21,22). The molecule has 0 unspecified atom stereocenters. The molecule has 1 aliphatic rings. The molecule has 1 fully saturated rings. The summed E-state index contributed by atoms with van der Waals surface area (Å²) in [5.41, 5.74) is 4.80. The number of fused-ring (bicyclic) bond motifs is 1. The Kier molecular flexibility index (Phi) is 3.96. The molecule has 1 aromatic carbocycles. The van der Waals surface area contributed by atoms with Crippen molar-refractivity contribution in [3.05, 3.63) is 34.5 Å². The molecule has 0 amide bonds. The quantitative estimate of drug-likeness (QED) is 0.943. The van der Waals surface area contributed by atoms with E-state index in [4.69, 9.17) is 0 Å². The molecule has 0 spiro atoms. The molecule has 0 radical (unpaired) electrons. The number of aromatic nitrogens is 1. The van der Waals surface area contributed by atoms with Crippen LogP contribution in [0, 0.1) is 13.8 Å². The van der Waals surface area contributed by atoms with Crippen molar-refractivity contribution in [3.8, 4) is 0 Å². The van der Waals surface area contributed by atoms with Gasteiger partial charge < -0.3 is 14.6 Å². The summed E-state index contributed by atoms with van der Waals surface area (Å²) < 4.78 is 2.14. The van der Waals surface area contributed by atoms with Crippen LogP contribution in [0.1, 0.15) is 39.9 Å². The minimum absolute atomic E-state index is 0.429. The average Bonchev–Trinajstić information content (AvgIpc) is 3.08. The Labute approximate surface area is 131 Å². The number of aromatic carboxylic acids is 1. The molecule has 4 nitrogen and oxygen atoms in total. The molecule has 2 heterocycles. The molecule has 2 aromatic rings. The largest absolute Gasteiger partial charge is 0.478 e. The zero-order chi connectivity index (χ0) is 15.9. The van der Waals surface area contributed by atoms with E-state index in [0.29, 0.717) is 5.56 Å². The average molecular weight is 300 g/mol. The van der Waals surface area contributed by atoms with Gasteiger partial charge in [-0.25, -0.2) is 4.79 Å². The lowest BCUT2D eigenvalue weighted by Crippen LogP contribution is -2.21. The van der Waals surface area contributed by atoms with E-state index < -0.39 is 5.97 Å². The molecule has 1 saturated heterocycles. The summed E-state index contributed by atoms with van der Waals surface area (Å²) in [5, 5.41) is 10.6. The van der Waals surface area contributed by atoms with Crippen LogP contribution >= 0.6 is 0 Å². The normalized spacial score (nSPS) is 15.8. The highest BCUT2D eigenvalue weighted by molar-refractivity contribution is 5.99. The first-order chi connectivity index (χ1) is 10.5. The highest BCUT2D eigenvalue weighted by Crippen LogP contribution is 2.30. The maximum atomic E-state index is 11.5. The molecule has 0 aliphatic carbocycles. The second-order valence-corrected chi connectivity index (χ2v) is 6.46. The molecule has 0 atom stereocenters. The third-order valence-corrected chi connectivity index (χ3v) is 4.90. The van der Waals surface area contributed by atoms with Crippen molar-refractivity contribution in [1.82, 2.24) is 9.47 Å². The Balaban J connectivity index is 2.04. The molecular formula is C18H24N2O2. The molecule has 0 saturated carbocycles. The van der Waals surface area contributed by atoms with Crippen molar-refractivity contribution >= 4 is 16.9 Å². The Morgan fingerprint density at radius 1 is 1.27 bits per heavy atom. The van der Waals surface area contributed by atoms with Crippen LogP contribution in [0.25, 0.3) is 10.9 Å². The second kappa shape index (κ2) is 5.76. The number of nitrogens with zero attached hydrogens (tertiary/aromatic N) is 2. The fourth-order valence-electron chi connectivity index (χ4n) is 3.81. The fourth-order valence-corrected chi connectivity index (χ4v) is 3.81. The van der Waals surface area contributed by atoms with Crippen LogP contribution in [-0.4, -0.2) is 40.2 Å². The lowest BCUT2D eigenvalue weighted by Gasteiger charge is -2.14.